The molecule has 2 nitrogen and oxygen atoms in total. The Morgan fingerprint density at radius 2 is 1.90 bits per heavy atom. The fourth-order valence-corrected chi connectivity index (χ4v) is 4.81. The quantitative estimate of drug-likeness (QED) is 0.544. The highest BCUT2D eigenvalue weighted by Crippen LogP contribution is 2.58. The van der Waals surface area contributed by atoms with E-state index in [4.69, 9.17) is 9.16 Å². The Morgan fingerprint density at radius 1 is 1.35 bits per heavy atom. The van der Waals surface area contributed by atoms with Crippen LogP contribution in [0.3, 0.4) is 0 Å². The lowest BCUT2D eigenvalue weighted by atomic mass is 9.73. The number of ether oxygens (including phenoxy) is 1. The third-order valence-corrected chi connectivity index (χ3v) is 10.4. The zero-order chi connectivity index (χ0) is 15.6. The summed E-state index contributed by atoms with van der Waals surface area (Å²) in [6.45, 7) is 22.5. The van der Waals surface area contributed by atoms with E-state index >= 15 is 0 Å². The molecule has 2 aliphatic heterocycles. The molecule has 0 aromatic heterocycles. The molecular weight excluding hydrogens is 264 g/mol. The standard InChI is InChI=1S/C17H32O2Si/c1-12(2)17-11-14(16(7,19-17)10-13(17)3)18-20(8,9)15(4,5)6/h12,14H,3,10-11H2,1-2,4-9H3/t14-,16+,17-/m1/s1. The van der Waals surface area contributed by atoms with E-state index in [2.05, 4.69) is 61.2 Å². The van der Waals surface area contributed by atoms with Crippen LogP contribution in [0.2, 0.25) is 18.1 Å². The molecule has 3 atom stereocenters. The third-order valence-electron chi connectivity index (χ3n) is 5.92. The maximum Gasteiger partial charge on any atom is 0.192 e. The summed E-state index contributed by atoms with van der Waals surface area (Å²) in [5.41, 5.74) is 0.948. The summed E-state index contributed by atoms with van der Waals surface area (Å²) < 4.78 is 13.2. The van der Waals surface area contributed by atoms with Crippen LogP contribution in [0, 0.1) is 5.92 Å². The van der Waals surface area contributed by atoms with Gasteiger partial charge in [-0.2, -0.15) is 0 Å². The monoisotopic (exact) mass is 296 g/mol. The normalized spacial score (nSPS) is 38.0. The zero-order valence-electron chi connectivity index (χ0n) is 14.6. The first-order chi connectivity index (χ1) is 8.84. The van der Waals surface area contributed by atoms with Gasteiger partial charge in [0.25, 0.3) is 0 Å². The van der Waals surface area contributed by atoms with E-state index in [-0.39, 0.29) is 22.3 Å². The second kappa shape index (κ2) is 4.44. The summed E-state index contributed by atoms with van der Waals surface area (Å²) in [6, 6.07) is 0. The number of hydrogen-bond donors (Lipinski definition) is 0. The zero-order valence-corrected chi connectivity index (χ0v) is 15.6. The van der Waals surface area contributed by atoms with E-state index < -0.39 is 8.32 Å². The molecule has 0 N–H and O–H groups in total. The van der Waals surface area contributed by atoms with E-state index in [0.717, 1.165) is 12.8 Å². The minimum absolute atomic E-state index is 0.151. The van der Waals surface area contributed by atoms with Crippen molar-refractivity contribution in [1.82, 2.24) is 0 Å². The lowest BCUT2D eigenvalue weighted by molar-refractivity contribution is -0.0726. The van der Waals surface area contributed by atoms with Crippen LogP contribution in [0.1, 0.15) is 54.4 Å². The van der Waals surface area contributed by atoms with Gasteiger partial charge in [0.05, 0.1) is 17.3 Å². The third kappa shape index (κ3) is 2.22. The molecule has 2 bridgehead atoms. The maximum absolute atomic E-state index is 6.70. The molecular formula is C17H32O2Si. The van der Waals surface area contributed by atoms with E-state index in [1.807, 2.05) is 0 Å². The molecule has 2 heterocycles. The molecule has 2 aliphatic rings. The number of fused-ring (bicyclic) bond motifs is 2. The van der Waals surface area contributed by atoms with E-state index in [0.29, 0.717) is 5.92 Å². The largest absolute Gasteiger partial charge is 0.411 e. The Hall–Kier alpha value is -0.123. The summed E-state index contributed by atoms with van der Waals surface area (Å²) in [5.74, 6) is 0.463. The Bertz CT molecular complexity index is 421. The lowest BCUT2D eigenvalue weighted by Crippen LogP contribution is -2.50. The molecule has 0 aliphatic carbocycles. The van der Waals surface area contributed by atoms with E-state index in [9.17, 15) is 0 Å². The van der Waals surface area contributed by atoms with Crippen LogP contribution in [-0.2, 0) is 9.16 Å². The fraction of sp³-hybridized carbons (Fsp3) is 0.882. The SMILES string of the molecule is C=C1C[C@]2(C)O[C@@]1(C(C)C)C[C@H]2O[Si](C)(C)C(C)(C)C. The second-order valence-electron chi connectivity index (χ2n) is 8.81. The molecule has 20 heavy (non-hydrogen) atoms. The molecule has 0 aromatic rings. The minimum atomic E-state index is -1.75. The maximum atomic E-state index is 6.70. The predicted octanol–water partition coefficient (Wildman–Crippen LogP) is 4.91. The van der Waals surface area contributed by atoms with Gasteiger partial charge in [-0.3, -0.25) is 0 Å². The summed E-state index contributed by atoms with van der Waals surface area (Å²) in [4.78, 5) is 0. The van der Waals surface area contributed by atoms with Crippen molar-refractivity contribution in [2.75, 3.05) is 0 Å². The number of hydrogen-bond acceptors (Lipinski definition) is 2. The van der Waals surface area contributed by atoms with Gasteiger partial charge in [0.15, 0.2) is 8.32 Å². The van der Waals surface area contributed by atoms with Gasteiger partial charge in [-0.15, -0.1) is 0 Å². The first-order valence-corrected chi connectivity index (χ1v) is 10.8. The average Bonchev–Trinajstić information content (AvgIpc) is 2.64. The van der Waals surface area contributed by atoms with Crippen molar-refractivity contribution in [3.8, 4) is 0 Å². The van der Waals surface area contributed by atoms with Crippen LogP contribution in [-0.4, -0.2) is 25.6 Å². The van der Waals surface area contributed by atoms with Crippen LogP contribution in [0.5, 0.6) is 0 Å². The van der Waals surface area contributed by atoms with Crippen LogP contribution in [0.4, 0.5) is 0 Å². The molecule has 2 fully saturated rings. The lowest BCUT2D eigenvalue weighted by Gasteiger charge is -2.43. The first kappa shape index (κ1) is 16.3. The molecule has 116 valence electrons. The van der Waals surface area contributed by atoms with Crippen LogP contribution in [0.25, 0.3) is 0 Å². The highest BCUT2D eigenvalue weighted by Gasteiger charge is 2.63. The summed E-state index contributed by atoms with van der Waals surface area (Å²) in [7, 11) is -1.75. The summed E-state index contributed by atoms with van der Waals surface area (Å²) in [6.07, 6.45) is 2.15. The molecule has 0 unspecified atom stereocenters. The van der Waals surface area contributed by atoms with Crippen molar-refractivity contribution in [1.29, 1.82) is 0 Å². The van der Waals surface area contributed by atoms with Gasteiger partial charge in [0, 0.05) is 12.8 Å². The van der Waals surface area contributed by atoms with Gasteiger partial charge >= 0.3 is 0 Å². The van der Waals surface area contributed by atoms with E-state index in [1.54, 1.807) is 0 Å². The van der Waals surface area contributed by atoms with Gasteiger partial charge in [-0.1, -0.05) is 41.2 Å². The Balaban J connectivity index is 2.24. The second-order valence-corrected chi connectivity index (χ2v) is 13.6. The smallest absolute Gasteiger partial charge is 0.192 e. The molecule has 2 rings (SSSR count). The fourth-order valence-electron chi connectivity index (χ4n) is 3.42. The van der Waals surface area contributed by atoms with Gasteiger partial charge in [0.2, 0.25) is 0 Å². The van der Waals surface area contributed by atoms with Crippen LogP contribution >= 0.6 is 0 Å². The van der Waals surface area contributed by atoms with Crippen molar-refractivity contribution in [3.63, 3.8) is 0 Å². The molecule has 0 spiro atoms. The minimum Gasteiger partial charge on any atom is -0.411 e. The molecule has 3 heteroatoms. The Labute approximate surface area is 126 Å². The topological polar surface area (TPSA) is 18.5 Å². The van der Waals surface area contributed by atoms with Crippen molar-refractivity contribution >= 4 is 8.32 Å². The average molecular weight is 297 g/mol. The summed E-state index contributed by atoms with van der Waals surface area (Å²) >= 11 is 0. The van der Waals surface area contributed by atoms with Gasteiger partial charge in [-0.05, 0) is 36.5 Å². The van der Waals surface area contributed by atoms with Crippen molar-refractivity contribution < 1.29 is 9.16 Å². The number of rotatable bonds is 3. The van der Waals surface area contributed by atoms with Gasteiger partial charge in [0.1, 0.15) is 0 Å². The molecule has 0 radical (unpaired) electrons. The van der Waals surface area contributed by atoms with Crippen LogP contribution in [0.15, 0.2) is 12.2 Å². The summed E-state index contributed by atoms with van der Waals surface area (Å²) in [5, 5.41) is 0.243. The van der Waals surface area contributed by atoms with Gasteiger partial charge < -0.3 is 9.16 Å². The Morgan fingerprint density at radius 3 is 2.30 bits per heavy atom. The molecule has 2 saturated heterocycles. The highest BCUT2D eigenvalue weighted by molar-refractivity contribution is 6.74. The van der Waals surface area contributed by atoms with Crippen molar-refractivity contribution in [2.24, 2.45) is 5.92 Å². The Kier molecular flexibility index (Phi) is 3.60. The molecule has 0 aromatic carbocycles. The highest BCUT2D eigenvalue weighted by atomic mass is 28.4. The van der Waals surface area contributed by atoms with Crippen LogP contribution < -0.4 is 0 Å². The van der Waals surface area contributed by atoms with Gasteiger partial charge in [-0.25, -0.2) is 0 Å². The molecule has 0 saturated carbocycles. The van der Waals surface area contributed by atoms with E-state index in [1.165, 1.54) is 5.57 Å². The van der Waals surface area contributed by atoms with Crippen molar-refractivity contribution in [3.05, 3.63) is 12.2 Å². The van der Waals surface area contributed by atoms with Crippen molar-refractivity contribution in [2.45, 2.75) is 89.8 Å². The molecule has 0 amide bonds. The predicted molar refractivity (Wildman–Crippen MR) is 87.5 cm³/mol. The first-order valence-electron chi connectivity index (χ1n) is 7.90.